The molecule has 0 heterocycles. The zero-order valence-electron chi connectivity index (χ0n) is 12.6. The van der Waals surface area contributed by atoms with Crippen molar-refractivity contribution in [2.45, 2.75) is 13.5 Å². The molecule has 4 nitrogen and oxygen atoms in total. The highest BCUT2D eigenvalue weighted by molar-refractivity contribution is 7.80. The molecule has 2 aromatic carbocycles. The summed E-state index contributed by atoms with van der Waals surface area (Å²) in [4.78, 5) is 0. The number of hydrogen-bond acceptors (Lipinski definition) is 3. The Kier molecular flexibility index (Phi) is 5.70. The van der Waals surface area contributed by atoms with Crippen LogP contribution in [0.2, 0.25) is 0 Å². The van der Waals surface area contributed by atoms with Crippen molar-refractivity contribution in [2.24, 2.45) is 0 Å². The molecule has 0 radical (unpaired) electrons. The summed E-state index contributed by atoms with van der Waals surface area (Å²) in [6, 6.07) is 11.9. The van der Waals surface area contributed by atoms with Gasteiger partial charge in [0.15, 0.2) is 5.11 Å². The maximum Gasteiger partial charge on any atom is 0.387 e. The molecule has 0 aliphatic heterocycles. The molecule has 122 valence electrons. The lowest BCUT2D eigenvalue weighted by Gasteiger charge is -2.14. The van der Waals surface area contributed by atoms with E-state index in [1.807, 2.05) is 18.2 Å². The topological polar surface area (TPSA) is 42.5 Å². The minimum absolute atomic E-state index is 0.106. The second kappa shape index (κ2) is 7.73. The number of ether oxygens (including phenoxy) is 2. The van der Waals surface area contributed by atoms with E-state index >= 15 is 0 Å². The molecule has 0 aromatic heterocycles. The summed E-state index contributed by atoms with van der Waals surface area (Å²) < 4.78 is 33.9. The first-order valence-electron chi connectivity index (χ1n) is 6.75. The molecule has 0 saturated heterocycles. The van der Waals surface area contributed by atoms with Gasteiger partial charge in [0.2, 0.25) is 0 Å². The first kappa shape index (κ1) is 17.0. The van der Waals surface area contributed by atoms with Crippen LogP contribution in [0.3, 0.4) is 0 Å². The van der Waals surface area contributed by atoms with E-state index in [-0.39, 0.29) is 5.75 Å². The van der Waals surface area contributed by atoms with E-state index < -0.39 is 6.61 Å². The highest BCUT2D eigenvalue weighted by Gasteiger charge is 2.07. The molecule has 0 fully saturated rings. The Morgan fingerprint density at radius 1 is 1.09 bits per heavy atom. The summed E-state index contributed by atoms with van der Waals surface area (Å²) in [7, 11) is 1.59. The summed E-state index contributed by atoms with van der Waals surface area (Å²) in [6.07, 6.45) is 0. The quantitative estimate of drug-likeness (QED) is 0.790. The molecular formula is C16H16F2N2O2S. The van der Waals surface area contributed by atoms with Crippen molar-refractivity contribution in [3.63, 3.8) is 0 Å². The normalized spacial score (nSPS) is 10.3. The smallest absolute Gasteiger partial charge is 0.387 e. The van der Waals surface area contributed by atoms with E-state index in [4.69, 9.17) is 17.0 Å². The third-order valence-electron chi connectivity index (χ3n) is 3.00. The number of rotatable bonds is 5. The second-order valence-corrected chi connectivity index (χ2v) is 5.07. The van der Waals surface area contributed by atoms with E-state index in [0.717, 1.165) is 11.3 Å². The summed E-state index contributed by atoms with van der Waals surface area (Å²) in [6.45, 7) is -1.07. The van der Waals surface area contributed by atoms with Crippen LogP contribution in [0.1, 0.15) is 5.56 Å². The van der Waals surface area contributed by atoms with Crippen LogP contribution in [-0.4, -0.2) is 18.8 Å². The Hall–Kier alpha value is -2.41. The predicted octanol–water partition coefficient (Wildman–Crippen LogP) is 4.41. The van der Waals surface area contributed by atoms with Gasteiger partial charge >= 0.3 is 6.61 Å². The lowest BCUT2D eigenvalue weighted by Crippen LogP contribution is -2.19. The van der Waals surface area contributed by atoms with Crippen molar-refractivity contribution in [3.05, 3.63) is 48.0 Å². The number of hydrogen-bond donors (Lipinski definition) is 2. The minimum Gasteiger partial charge on any atom is -0.497 e. The van der Waals surface area contributed by atoms with Crippen LogP contribution in [-0.2, 0) is 0 Å². The first-order chi connectivity index (χ1) is 11.0. The van der Waals surface area contributed by atoms with Gasteiger partial charge in [0, 0.05) is 17.4 Å². The third-order valence-corrected chi connectivity index (χ3v) is 3.20. The van der Waals surface area contributed by atoms with Crippen LogP contribution >= 0.6 is 12.2 Å². The molecule has 0 atom stereocenters. The number of anilines is 2. The van der Waals surface area contributed by atoms with Crippen LogP contribution in [0.4, 0.5) is 20.2 Å². The van der Waals surface area contributed by atoms with Gasteiger partial charge in [-0.3, -0.25) is 0 Å². The Balaban J connectivity index is 2.02. The van der Waals surface area contributed by atoms with E-state index in [1.54, 1.807) is 26.2 Å². The molecule has 0 aliphatic carbocycles. The van der Waals surface area contributed by atoms with Crippen molar-refractivity contribution in [1.82, 2.24) is 0 Å². The van der Waals surface area contributed by atoms with Crippen molar-refractivity contribution >= 4 is 28.7 Å². The highest BCUT2D eigenvalue weighted by Crippen LogP contribution is 2.23. The average molecular weight is 338 g/mol. The van der Waals surface area contributed by atoms with E-state index in [0.29, 0.717) is 16.5 Å². The van der Waals surface area contributed by atoms with Gasteiger partial charge in [-0.25, -0.2) is 0 Å². The number of benzene rings is 2. The van der Waals surface area contributed by atoms with Crippen molar-refractivity contribution < 1.29 is 18.3 Å². The fourth-order valence-corrected chi connectivity index (χ4v) is 2.17. The molecule has 0 aliphatic rings. The number of aryl methyl sites for hydroxylation is 1. The number of halogens is 2. The molecule has 2 rings (SSSR count). The van der Waals surface area contributed by atoms with Crippen LogP contribution in [0.15, 0.2) is 42.5 Å². The maximum atomic E-state index is 12.2. The van der Waals surface area contributed by atoms with Crippen LogP contribution in [0, 0.1) is 6.92 Å². The molecule has 0 unspecified atom stereocenters. The number of nitrogens with one attached hydrogen (secondary N) is 2. The maximum absolute atomic E-state index is 12.2. The molecule has 7 heteroatoms. The van der Waals surface area contributed by atoms with Gasteiger partial charge in [0.05, 0.1) is 7.11 Å². The van der Waals surface area contributed by atoms with Crippen molar-refractivity contribution in [3.8, 4) is 11.5 Å². The highest BCUT2D eigenvalue weighted by atomic mass is 32.1. The first-order valence-corrected chi connectivity index (χ1v) is 7.16. The fourth-order valence-electron chi connectivity index (χ4n) is 1.94. The van der Waals surface area contributed by atoms with Crippen LogP contribution in [0.5, 0.6) is 11.5 Å². The van der Waals surface area contributed by atoms with E-state index in [9.17, 15) is 8.78 Å². The van der Waals surface area contributed by atoms with E-state index in [1.165, 1.54) is 12.1 Å². The van der Waals surface area contributed by atoms with Gasteiger partial charge in [0.1, 0.15) is 11.5 Å². The van der Waals surface area contributed by atoms with Gasteiger partial charge < -0.3 is 20.1 Å². The standard InChI is InChI=1S/C16H16F2N2O2S/c1-10-8-13(22-15(17)18)6-7-14(10)20-16(23)19-11-4-3-5-12(9-11)21-2/h3-9,15H,1-2H3,(H2,19,20,23). The second-order valence-electron chi connectivity index (χ2n) is 4.67. The lowest BCUT2D eigenvalue weighted by molar-refractivity contribution is -0.0498. The molecule has 0 amide bonds. The summed E-state index contributed by atoms with van der Waals surface area (Å²) >= 11 is 5.25. The molecule has 0 spiro atoms. The van der Waals surface area contributed by atoms with Gasteiger partial charge in [0.25, 0.3) is 0 Å². The van der Waals surface area contributed by atoms with Gasteiger partial charge in [-0.15, -0.1) is 0 Å². The number of methoxy groups -OCH3 is 1. The SMILES string of the molecule is COc1cccc(NC(=S)Nc2ccc(OC(F)F)cc2C)c1. The third kappa shape index (κ3) is 5.07. The lowest BCUT2D eigenvalue weighted by atomic mass is 10.2. The molecule has 0 saturated carbocycles. The molecular weight excluding hydrogens is 322 g/mol. The van der Waals surface area contributed by atoms with Crippen molar-refractivity contribution in [1.29, 1.82) is 0 Å². The zero-order valence-corrected chi connectivity index (χ0v) is 13.4. The summed E-state index contributed by atoms with van der Waals surface area (Å²) in [5.41, 5.74) is 2.21. The monoisotopic (exact) mass is 338 g/mol. The van der Waals surface area contributed by atoms with Crippen LogP contribution in [0.25, 0.3) is 0 Å². The van der Waals surface area contributed by atoms with Crippen molar-refractivity contribution in [2.75, 3.05) is 17.7 Å². The van der Waals surface area contributed by atoms with Gasteiger partial charge in [-0.2, -0.15) is 8.78 Å². The van der Waals surface area contributed by atoms with Gasteiger partial charge in [-0.1, -0.05) is 6.07 Å². The Morgan fingerprint density at radius 3 is 2.52 bits per heavy atom. The fraction of sp³-hybridized carbons (Fsp3) is 0.188. The average Bonchev–Trinajstić information content (AvgIpc) is 2.49. The molecule has 0 bridgehead atoms. The summed E-state index contributed by atoms with van der Waals surface area (Å²) in [5, 5.41) is 6.42. The zero-order chi connectivity index (χ0) is 16.8. The molecule has 23 heavy (non-hydrogen) atoms. The molecule has 2 aromatic rings. The Bertz CT molecular complexity index is 696. The Labute approximate surface area is 138 Å². The van der Waals surface area contributed by atoms with Gasteiger partial charge in [-0.05, 0) is 55.0 Å². The van der Waals surface area contributed by atoms with Crippen LogP contribution < -0.4 is 20.1 Å². The van der Waals surface area contributed by atoms with E-state index in [2.05, 4.69) is 15.4 Å². The molecule has 2 N–H and O–H groups in total. The number of alkyl halides is 2. The summed E-state index contributed by atoms with van der Waals surface area (Å²) in [5.74, 6) is 0.817. The largest absolute Gasteiger partial charge is 0.497 e. The Morgan fingerprint density at radius 2 is 1.87 bits per heavy atom. The predicted molar refractivity (Wildman–Crippen MR) is 90.6 cm³/mol. The minimum atomic E-state index is -2.84. The number of thiocarbonyl (C=S) groups is 1.